The summed E-state index contributed by atoms with van der Waals surface area (Å²) in [5.74, 6) is 2.30. The summed E-state index contributed by atoms with van der Waals surface area (Å²) in [5, 5.41) is 3.66. The molecule has 0 radical (unpaired) electrons. The first-order valence-electron chi connectivity index (χ1n) is 10.7. The summed E-state index contributed by atoms with van der Waals surface area (Å²) in [4.78, 5) is 16.8. The number of aromatic nitrogens is 2. The standard InChI is InChI=1S/C24H27N3O3S/c1-29-21-9-5-6-18(14-21)15-22-26-24(31-27-22)30-20-12-10-17(11-13-20)16-23(28)25-19-7-3-2-4-8-19/h5-6,9-14,19H,2-4,7-8,15-16H2,1H3,(H,25,28). The number of hydrogen-bond acceptors (Lipinski definition) is 6. The molecule has 4 rings (SSSR count). The molecule has 1 aliphatic carbocycles. The lowest BCUT2D eigenvalue weighted by atomic mass is 9.95. The maximum absolute atomic E-state index is 12.3. The molecule has 2 aromatic carbocycles. The van der Waals surface area contributed by atoms with E-state index >= 15 is 0 Å². The summed E-state index contributed by atoms with van der Waals surface area (Å²) >= 11 is 1.23. The van der Waals surface area contributed by atoms with Gasteiger partial charge in [0.1, 0.15) is 11.5 Å². The summed E-state index contributed by atoms with van der Waals surface area (Å²) in [6, 6.07) is 15.8. The van der Waals surface area contributed by atoms with Crippen LogP contribution in [0.25, 0.3) is 0 Å². The van der Waals surface area contributed by atoms with Crippen molar-refractivity contribution in [2.24, 2.45) is 0 Å². The molecular formula is C24H27N3O3S. The molecule has 0 bridgehead atoms. The number of nitrogens with zero attached hydrogens (tertiary/aromatic N) is 2. The Hall–Kier alpha value is -2.93. The van der Waals surface area contributed by atoms with Crippen molar-refractivity contribution in [3.8, 4) is 16.7 Å². The Labute approximate surface area is 186 Å². The van der Waals surface area contributed by atoms with Gasteiger partial charge in [-0.25, -0.2) is 0 Å². The van der Waals surface area contributed by atoms with Crippen molar-refractivity contribution in [3.63, 3.8) is 0 Å². The number of methoxy groups -OCH3 is 1. The first kappa shape index (κ1) is 21.3. The fourth-order valence-corrected chi connectivity index (χ4v) is 4.37. The van der Waals surface area contributed by atoms with Crippen molar-refractivity contribution in [2.75, 3.05) is 7.11 Å². The highest BCUT2D eigenvalue weighted by molar-refractivity contribution is 7.07. The average molecular weight is 438 g/mol. The molecule has 1 saturated carbocycles. The molecule has 0 spiro atoms. The minimum absolute atomic E-state index is 0.0897. The SMILES string of the molecule is COc1cccc(Cc2nsc(Oc3ccc(CC(=O)NC4CCCCC4)cc3)n2)c1. The molecule has 1 heterocycles. The van der Waals surface area contributed by atoms with E-state index in [0.717, 1.165) is 29.7 Å². The number of nitrogens with one attached hydrogen (secondary N) is 1. The molecule has 1 fully saturated rings. The predicted octanol–water partition coefficient (Wildman–Crippen LogP) is 4.92. The van der Waals surface area contributed by atoms with Crippen LogP contribution in [0, 0.1) is 0 Å². The van der Waals surface area contributed by atoms with Gasteiger partial charge in [0.15, 0.2) is 5.82 Å². The van der Waals surface area contributed by atoms with Crippen LogP contribution in [0.1, 0.15) is 49.1 Å². The lowest BCUT2D eigenvalue weighted by Gasteiger charge is -2.22. The van der Waals surface area contributed by atoms with Gasteiger partial charge in [-0.15, -0.1) is 0 Å². The zero-order valence-electron chi connectivity index (χ0n) is 17.7. The molecule has 0 atom stereocenters. The Balaban J connectivity index is 1.29. The Morgan fingerprint density at radius 1 is 1.06 bits per heavy atom. The third-order valence-corrected chi connectivity index (χ3v) is 6.04. The maximum atomic E-state index is 12.3. The fraction of sp³-hybridized carbons (Fsp3) is 0.375. The van der Waals surface area contributed by atoms with E-state index < -0.39 is 0 Å². The lowest BCUT2D eigenvalue weighted by molar-refractivity contribution is -0.121. The molecule has 31 heavy (non-hydrogen) atoms. The van der Waals surface area contributed by atoms with Gasteiger partial charge in [-0.2, -0.15) is 9.36 Å². The van der Waals surface area contributed by atoms with E-state index in [2.05, 4.69) is 14.7 Å². The molecule has 0 saturated heterocycles. The number of amides is 1. The summed E-state index contributed by atoms with van der Waals surface area (Å²) in [6.45, 7) is 0. The molecule has 6 nitrogen and oxygen atoms in total. The van der Waals surface area contributed by atoms with Crippen LogP contribution in [0.2, 0.25) is 0 Å². The van der Waals surface area contributed by atoms with Crippen molar-refractivity contribution in [2.45, 2.75) is 51.0 Å². The summed E-state index contributed by atoms with van der Waals surface area (Å²) in [7, 11) is 1.65. The van der Waals surface area contributed by atoms with Crippen LogP contribution in [0.5, 0.6) is 16.7 Å². The van der Waals surface area contributed by atoms with Crippen LogP contribution >= 0.6 is 11.5 Å². The van der Waals surface area contributed by atoms with Crippen molar-refractivity contribution >= 4 is 17.4 Å². The minimum Gasteiger partial charge on any atom is -0.497 e. The molecule has 1 aromatic heterocycles. The first-order chi connectivity index (χ1) is 15.2. The van der Waals surface area contributed by atoms with E-state index in [9.17, 15) is 4.79 Å². The Bertz CT molecular complexity index is 997. The van der Waals surface area contributed by atoms with Crippen LogP contribution in [0.4, 0.5) is 0 Å². The predicted molar refractivity (Wildman–Crippen MR) is 121 cm³/mol. The second-order valence-electron chi connectivity index (χ2n) is 7.83. The van der Waals surface area contributed by atoms with Crippen molar-refractivity contribution < 1.29 is 14.3 Å². The summed E-state index contributed by atoms with van der Waals surface area (Å²) in [5.41, 5.74) is 2.05. The Morgan fingerprint density at radius 2 is 1.87 bits per heavy atom. The van der Waals surface area contributed by atoms with Crippen LogP contribution < -0.4 is 14.8 Å². The van der Waals surface area contributed by atoms with Gasteiger partial charge in [0.25, 0.3) is 5.19 Å². The molecular weight excluding hydrogens is 410 g/mol. The highest BCUT2D eigenvalue weighted by atomic mass is 32.1. The number of benzene rings is 2. The van der Waals surface area contributed by atoms with Gasteiger partial charge in [-0.05, 0) is 48.2 Å². The Kier molecular flexibility index (Phi) is 7.14. The normalized spacial score (nSPS) is 14.2. The molecule has 0 unspecified atom stereocenters. The first-order valence-corrected chi connectivity index (χ1v) is 11.5. The fourth-order valence-electron chi connectivity index (χ4n) is 3.80. The number of rotatable bonds is 8. The second kappa shape index (κ2) is 10.4. The molecule has 7 heteroatoms. The highest BCUT2D eigenvalue weighted by Gasteiger charge is 2.16. The van der Waals surface area contributed by atoms with E-state index in [1.807, 2.05) is 48.5 Å². The van der Waals surface area contributed by atoms with Crippen molar-refractivity contribution in [3.05, 3.63) is 65.5 Å². The van der Waals surface area contributed by atoms with Gasteiger partial charge in [0, 0.05) is 24.0 Å². The van der Waals surface area contributed by atoms with Gasteiger partial charge in [-0.3, -0.25) is 4.79 Å². The van der Waals surface area contributed by atoms with E-state index in [0.29, 0.717) is 35.7 Å². The van der Waals surface area contributed by atoms with E-state index in [-0.39, 0.29) is 5.91 Å². The molecule has 3 aromatic rings. The number of hydrogen-bond donors (Lipinski definition) is 1. The van der Waals surface area contributed by atoms with Crippen molar-refractivity contribution in [1.29, 1.82) is 0 Å². The van der Waals surface area contributed by atoms with Gasteiger partial charge >= 0.3 is 0 Å². The topological polar surface area (TPSA) is 73.3 Å². The molecule has 1 N–H and O–H groups in total. The second-order valence-corrected chi connectivity index (χ2v) is 8.54. The van der Waals surface area contributed by atoms with Gasteiger partial charge < -0.3 is 14.8 Å². The number of ether oxygens (including phenoxy) is 2. The molecule has 162 valence electrons. The molecule has 0 aliphatic heterocycles. The number of carbonyl (C=O) groups excluding carboxylic acids is 1. The van der Waals surface area contributed by atoms with Crippen molar-refractivity contribution in [1.82, 2.24) is 14.7 Å². The van der Waals surface area contributed by atoms with E-state index in [1.165, 1.54) is 30.8 Å². The zero-order chi connectivity index (χ0) is 21.5. The summed E-state index contributed by atoms with van der Waals surface area (Å²) in [6.07, 6.45) is 6.91. The lowest BCUT2D eigenvalue weighted by Crippen LogP contribution is -2.37. The van der Waals surface area contributed by atoms with Gasteiger partial charge in [-0.1, -0.05) is 43.5 Å². The van der Waals surface area contributed by atoms with Crippen LogP contribution in [0.3, 0.4) is 0 Å². The quantitative estimate of drug-likeness (QED) is 0.541. The summed E-state index contributed by atoms with van der Waals surface area (Å²) < 4.78 is 15.5. The largest absolute Gasteiger partial charge is 0.497 e. The zero-order valence-corrected chi connectivity index (χ0v) is 18.5. The third-order valence-electron chi connectivity index (χ3n) is 5.41. The minimum atomic E-state index is 0.0897. The number of carbonyl (C=O) groups is 1. The van der Waals surface area contributed by atoms with Crippen LogP contribution in [-0.4, -0.2) is 28.4 Å². The third kappa shape index (κ3) is 6.28. The van der Waals surface area contributed by atoms with Crippen LogP contribution in [-0.2, 0) is 17.6 Å². The monoisotopic (exact) mass is 437 g/mol. The van der Waals surface area contributed by atoms with Gasteiger partial charge in [0.05, 0.1) is 13.5 Å². The highest BCUT2D eigenvalue weighted by Crippen LogP contribution is 2.25. The van der Waals surface area contributed by atoms with E-state index in [4.69, 9.17) is 9.47 Å². The molecule has 1 amide bonds. The average Bonchev–Trinajstić information content (AvgIpc) is 3.22. The Morgan fingerprint density at radius 3 is 2.65 bits per heavy atom. The van der Waals surface area contributed by atoms with Gasteiger partial charge in [0.2, 0.25) is 5.91 Å². The maximum Gasteiger partial charge on any atom is 0.298 e. The van der Waals surface area contributed by atoms with Crippen LogP contribution in [0.15, 0.2) is 48.5 Å². The smallest absolute Gasteiger partial charge is 0.298 e. The molecule has 1 aliphatic rings. The van der Waals surface area contributed by atoms with E-state index in [1.54, 1.807) is 7.11 Å².